The number of ether oxygens (including phenoxy) is 1. The van der Waals surface area contributed by atoms with Crippen molar-refractivity contribution in [2.75, 3.05) is 23.9 Å². The molecular weight excluding hydrogens is 320 g/mol. The summed E-state index contributed by atoms with van der Waals surface area (Å²) in [6, 6.07) is 7.44. The van der Waals surface area contributed by atoms with Crippen LogP contribution in [0.3, 0.4) is 0 Å². The highest BCUT2D eigenvalue weighted by Crippen LogP contribution is 2.14. The lowest BCUT2D eigenvalue weighted by atomic mass is 10.2. The third kappa shape index (κ3) is 4.85. The quantitative estimate of drug-likeness (QED) is 0.420. The summed E-state index contributed by atoms with van der Waals surface area (Å²) >= 11 is 1.05. The van der Waals surface area contributed by atoms with Crippen LogP contribution in [0.2, 0.25) is 0 Å². The standard InChI is InChI=1S/C14H14N4O4S/c1-22-13(21)8-2-4-9(5-3-8)16-12(20)7-23-14-17-10(15)6-11(19)18-14/h2-6H,7H2,1H3,(H,16,20)(H3,15,17,18,19). The summed E-state index contributed by atoms with van der Waals surface area (Å²) in [5.74, 6) is -0.596. The predicted molar refractivity (Wildman–Crippen MR) is 86.4 cm³/mol. The molecule has 2 rings (SSSR count). The highest BCUT2D eigenvalue weighted by atomic mass is 32.2. The number of carbonyl (C=O) groups is 2. The molecule has 1 heterocycles. The summed E-state index contributed by atoms with van der Waals surface area (Å²) in [5, 5.41) is 2.93. The van der Waals surface area contributed by atoms with Gasteiger partial charge in [-0.2, -0.15) is 0 Å². The number of nitrogen functional groups attached to an aromatic ring is 1. The van der Waals surface area contributed by atoms with Gasteiger partial charge in [-0.1, -0.05) is 11.8 Å². The predicted octanol–water partition coefficient (Wildman–Crippen LogP) is 0.869. The molecule has 0 bridgehead atoms. The molecule has 0 saturated heterocycles. The first-order valence-corrected chi connectivity index (χ1v) is 7.44. The number of aromatic nitrogens is 2. The van der Waals surface area contributed by atoms with Crippen molar-refractivity contribution in [1.82, 2.24) is 9.97 Å². The smallest absolute Gasteiger partial charge is 0.337 e. The van der Waals surface area contributed by atoms with Crippen LogP contribution in [0.5, 0.6) is 0 Å². The Morgan fingerprint density at radius 1 is 1.35 bits per heavy atom. The molecule has 0 aliphatic carbocycles. The molecule has 9 heteroatoms. The molecule has 0 aliphatic rings. The number of esters is 1. The molecular formula is C14H14N4O4S. The van der Waals surface area contributed by atoms with E-state index in [2.05, 4.69) is 20.0 Å². The molecule has 1 aromatic carbocycles. The van der Waals surface area contributed by atoms with Crippen molar-refractivity contribution >= 4 is 35.1 Å². The Hall–Kier alpha value is -2.81. The SMILES string of the molecule is COC(=O)c1ccc(NC(=O)CSc2nc(N)cc(=O)[nH]2)cc1. The molecule has 2 aromatic rings. The second-order valence-electron chi connectivity index (χ2n) is 4.38. The molecule has 8 nitrogen and oxygen atoms in total. The molecule has 0 unspecified atom stereocenters. The molecule has 23 heavy (non-hydrogen) atoms. The van der Waals surface area contributed by atoms with E-state index >= 15 is 0 Å². The van der Waals surface area contributed by atoms with Gasteiger partial charge in [0, 0.05) is 11.8 Å². The molecule has 1 amide bonds. The monoisotopic (exact) mass is 334 g/mol. The number of methoxy groups -OCH3 is 1. The first kappa shape index (κ1) is 16.6. The van der Waals surface area contributed by atoms with E-state index in [-0.39, 0.29) is 28.2 Å². The molecule has 0 saturated carbocycles. The highest BCUT2D eigenvalue weighted by molar-refractivity contribution is 7.99. The minimum absolute atomic E-state index is 0.0468. The van der Waals surface area contributed by atoms with Crippen LogP contribution in [0.4, 0.5) is 11.5 Å². The number of hydrogen-bond acceptors (Lipinski definition) is 7. The number of rotatable bonds is 5. The fraction of sp³-hybridized carbons (Fsp3) is 0.143. The van der Waals surface area contributed by atoms with Crippen LogP contribution in [-0.4, -0.2) is 34.7 Å². The van der Waals surface area contributed by atoms with Crippen molar-refractivity contribution in [2.24, 2.45) is 0 Å². The Morgan fingerprint density at radius 3 is 2.65 bits per heavy atom. The average Bonchev–Trinajstić information content (AvgIpc) is 2.52. The number of nitrogens with one attached hydrogen (secondary N) is 2. The van der Waals surface area contributed by atoms with Gasteiger partial charge in [-0.15, -0.1) is 0 Å². The first-order chi connectivity index (χ1) is 11.0. The van der Waals surface area contributed by atoms with Crippen molar-refractivity contribution in [2.45, 2.75) is 5.16 Å². The van der Waals surface area contributed by atoms with E-state index in [1.165, 1.54) is 7.11 Å². The van der Waals surface area contributed by atoms with E-state index < -0.39 is 5.97 Å². The van der Waals surface area contributed by atoms with E-state index in [1.807, 2.05) is 0 Å². The number of aromatic amines is 1. The van der Waals surface area contributed by atoms with E-state index in [1.54, 1.807) is 24.3 Å². The van der Waals surface area contributed by atoms with Crippen LogP contribution in [0, 0.1) is 0 Å². The van der Waals surface area contributed by atoms with Crippen molar-refractivity contribution < 1.29 is 14.3 Å². The Balaban J connectivity index is 1.91. The Labute approximate surface area is 135 Å². The maximum atomic E-state index is 11.9. The van der Waals surface area contributed by atoms with Crippen LogP contribution in [0.15, 0.2) is 40.3 Å². The molecule has 0 aliphatic heterocycles. The van der Waals surface area contributed by atoms with Gasteiger partial charge in [-0.05, 0) is 24.3 Å². The van der Waals surface area contributed by atoms with E-state index in [0.717, 1.165) is 17.8 Å². The van der Waals surface area contributed by atoms with Gasteiger partial charge >= 0.3 is 5.97 Å². The van der Waals surface area contributed by atoms with Crippen LogP contribution in [0.25, 0.3) is 0 Å². The second-order valence-corrected chi connectivity index (χ2v) is 5.35. The average molecular weight is 334 g/mol. The second kappa shape index (κ2) is 7.45. The van der Waals surface area contributed by atoms with Crippen molar-refractivity contribution in [1.29, 1.82) is 0 Å². The van der Waals surface area contributed by atoms with Crippen LogP contribution in [-0.2, 0) is 9.53 Å². The van der Waals surface area contributed by atoms with Gasteiger partial charge in [0.05, 0.1) is 18.4 Å². The lowest BCUT2D eigenvalue weighted by Gasteiger charge is -2.06. The largest absolute Gasteiger partial charge is 0.465 e. The van der Waals surface area contributed by atoms with Crippen molar-refractivity contribution in [3.63, 3.8) is 0 Å². The van der Waals surface area contributed by atoms with Crippen LogP contribution < -0.4 is 16.6 Å². The van der Waals surface area contributed by atoms with Crippen LogP contribution in [0.1, 0.15) is 10.4 Å². The minimum atomic E-state index is -0.449. The topological polar surface area (TPSA) is 127 Å². The molecule has 0 spiro atoms. The van der Waals surface area contributed by atoms with Gasteiger partial charge in [0.15, 0.2) is 5.16 Å². The minimum Gasteiger partial charge on any atom is -0.465 e. The lowest BCUT2D eigenvalue weighted by molar-refractivity contribution is -0.113. The molecule has 0 atom stereocenters. The van der Waals surface area contributed by atoms with Crippen molar-refractivity contribution in [3.8, 4) is 0 Å². The Morgan fingerprint density at radius 2 is 2.04 bits per heavy atom. The van der Waals surface area contributed by atoms with Gasteiger partial charge in [-0.3, -0.25) is 9.59 Å². The Kier molecular flexibility index (Phi) is 5.36. The summed E-state index contributed by atoms with van der Waals surface area (Å²) in [6.07, 6.45) is 0. The maximum absolute atomic E-state index is 11.9. The molecule has 4 N–H and O–H groups in total. The van der Waals surface area contributed by atoms with Crippen molar-refractivity contribution in [3.05, 3.63) is 46.2 Å². The normalized spacial score (nSPS) is 10.1. The number of nitrogens with zero attached hydrogens (tertiary/aromatic N) is 1. The van der Waals surface area contributed by atoms with E-state index in [4.69, 9.17) is 5.73 Å². The number of hydrogen-bond donors (Lipinski definition) is 3. The van der Waals surface area contributed by atoms with Gasteiger partial charge in [0.25, 0.3) is 5.56 Å². The summed E-state index contributed by atoms with van der Waals surface area (Å²) in [7, 11) is 1.30. The molecule has 0 radical (unpaired) electrons. The third-order valence-electron chi connectivity index (χ3n) is 2.67. The maximum Gasteiger partial charge on any atom is 0.337 e. The highest BCUT2D eigenvalue weighted by Gasteiger charge is 2.08. The zero-order chi connectivity index (χ0) is 16.8. The van der Waals surface area contributed by atoms with E-state index in [0.29, 0.717) is 11.3 Å². The summed E-state index contributed by atoms with van der Waals surface area (Å²) in [6.45, 7) is 0. The zero-order valence-electron chi connectivity index (χ0n) is 12.2. The van der Waals surface area contributed by atoms with E-state index in [9.17, 15) is 14.4 Å². The molecule has 1 aromatic heterocycles. The molecule has 0 fully saturated rings. The first-order valence-electron chi connectivity index (χ1n) is 6.46. The fourth-order valence-corrected chi connectivity index (χ4v) is 2.34. The van der Waals surface area contributed by atoms with Gasteiger partial charge in [-0.25, -0.2) is 9.78 Å². The van der Waals surface area contributed by atoms with Crippen LogP contribution >= 0.6 is 11.8 Å². The fourth-order valence-electron chi connectivity index (χ4n) is 1.66. The number of amides is 1. The number of H-pyrrole nitrogens is 1. The zero-order valence-corrected chi connectivity index (χ0v) is 13.0. The number of carbonyl (C=O) groups excluding carboxylic acids is 2. The number of anilines is 2. The van der Waals surface area contributed by atoms with Gasteiger partial charge < -0.3 is 20.8 Å². The third-order valence-corrected chi connectivity index (χ3v) is 3.54. The molecule has 120 valence electrons. The summed E-state index contributed by atoms with van der Waals surface area (Å²) in [4.78, 5) is 40.8. The Bertz CT molecular complexity index is 773. The number of benzene rings is 1. The van der Waals surface area contributed by atoms with Gasteiger partial charge in [0.2, 0.25) is 5.91 Å². The lowest BCUT2D eigenvalue weighted by Crippen LogP contribution is -2.15. The number of nitrogens with two attached hydrogens (primary N) is 1. The summed E-state index contributed by atoms with van der Waals surface area (Å²) in [5.41, 5.74) is 6.01. The van der Waals surface area contributed by atoms with Gasteiger partial charge in [0.1, 0.15) is 5.82 Å². The summed E-state index contributed by atoms with van der Waals surface area (Å²) < 4.78 is 4.59. The number of thioether (sulfide) groups is 1.